The number of benzene rings is 1. The molecule has 6 heteroatoms. The van der Waals surface area contributed by atoms with Crippen molar-refractivity contribution >= 4 is 31.8 Å². The minimum atomic E-state index is -3.41. The number of fused-ring (bicyclic) bond motifs is 1. The second-order valence-corrected chi connectivity index (χ2v) is 5.56. The quantitative estimate of drug-likeness (QED) is 0.767. The Balaban J connectivity index is 2.68. The van der Waals surface area contributed by atoms with Crippen LogP contribution in [0.25, 0.3) is 0 Å². The zero-order chi connectivity index (χ0) is 10.3. The maximum atomic E-state index is 11.2. The molecule has 0 aromatic heterocycles. The van der Waals surface area contributed by atoms with Crippen molar-refractivity contribution in [2.75, 3.05) is 0 Å². The molecule has 0 amide bonds. The number of hydrogen-bond acceptors (Lipinski definition) is 3. The second kappa shape index (κ2) is 3.06. The molecule has 0 atom stereocenters. The highest BCUT2D eigenvalue weighted by atomic mass is 79.9. The van der Waals surface area contributed by atoms with Gasteiger partial charge in [0, 0.05) is 10.0 Å². The molecule has 14 heavy (non-hydrogen) atoms. The number of sulfonamides is 1. The molecule has 1 aliphatic heterocycles. The fourth-order valence-corrected chi connectivity index (χ4v) is 2.81. The third-order valence-electron chi connectivity index (χ3n) is 1.92. The van der Waals surface area contributed by atoms with Crippen LogP contribution >= 0.6 is 15.9 Å². The van der Waals surface area contributed by atoms with Crippen molar-refractivity contribution in [3.05, 3.63) is 33.8 Å². The molecule has 0 aliphatic carbocycles. The van der Waals surface area contributed by atoms with Gasteiger partial charge in [-0.1, -0.05) is 22.0 Å². The summed E-state index contributed by atoms with van der Waals surface area (Å²) in [6.07, 6.45) is 0. The molecule has 1 aliphatic rings. The monoisotopic (exact) mass is 274 g/mol. The largest absolute Gasteiger partial charge is 0.383 e. The van der Waals surface area contributed by atoms with Gasteiger partial charge >= 0.3 is 0 Å². The van der Waals surface area contributed by atoms with Gasteiger partial charge in [0.15, 0.2) is 0 Å². The first-order valence-corrected chi connectivity index (χ1v) is 6.25. The molecule has 1 heterocycles. The highest BCUT2D eigenvalue weighted by Crippen LogP contribution is 2.22. The zero-order valence-electron chi connectivity index (χ0n) is 7.07. The molecule has 0 saturated heterocycles. The minimum absolute atomic E-state index is 0.0625. The van der Waals surface area contributed by atoms with Gasteiger partial charge in [0.2, 0.25) is 0 Å². The van der Waals surface area contributed by atoms with E-state index < -0.39 is 10.0 Å². The highest BCUT2D eigenvalue weighted by molar-refractivity contribution is 9.10. The molecule has 1 aromatic rings. The van der Waals surface area contributed by atoms with Gasteiger partial charge < -0.3 is 5.73 Å². The average Bonchev–Trinajstić information content (AvgIpc) is 2.05. The van der Waals surface area contributed by atoms with E-state index >= 15 is 0 Å². The van der Waals surface area contributed by atoms with Crippen molar-refractivity contribution in [2.24, 2.45) is 10.1 Å². The predicted molar refractivity (Wildman–Crippen MR) is 57.5 cm³/mol. The predicted octanol–water partition coefficient (Wildman–Crippen LogP) is 0.998. The van der Waals surface area contributed by atoms with Crippen LogP contribution in [0.5, 0.6) is 0 Å². The van der Waals surface area contributed by atoms with Crippen LogP contribution < -0.4 is 5.73 Å². The van der Waals surface area contributed by atoms with Crippen LogP contribution in [0.1, 0.15) is 11.1 Å². The lowest BCUT2D eigenvalue weighted by Crippen LogP contribution is -2.23. The fraction of sp³-hybridized carbons (Fsp3) is 0.125. The molecule has 2 N–H and O–H groups in total. The molecule has 0 saturated carbocycles. The summed E-state index contributed by atoms with van der Waals surface area (Å²) in [4.78, 5) is 0. The number of nitrogens with two attached hydrogens (primary N) is 1. The summed E-state index contributed by atoms with van der Waals surface area (Å²) in [5.41, 5.74) is 6.93. The van der Waals surface area contributed by atoms with Crippen LogP contribution in [0.4, 0.5) is 0 Å². The smallest absolute Gasteiger partial charge is 0.259 e. The molecule has 2 rings (SSSR count). The van der Waals surface area contributed by atoms with Crippen molar-refractivity contribution < 1.29 is 8.42 Å². The summed E-state index contributed by atoms with van der Waals surface area (Å²) >= 11 is 3.29. The standard InChI is InChI=1S/C8H7BrN2O2S/c9-6-2-1-5-4-14(12,13)11-8(10)7(5)3-6/h1-3H,4H2,(H2,10,11). The lowest BCUT2D eigenvalue weighted by atomic mass is 10.1. The summed E-state index contributed by atoms with van der Waals surface area (Å²) in [5, 5.41) is 0. The van der Waals surface area contributed by atoms with Crippen LogP contribution in [-0.2, 0) is 15.8 Å². The van der Waals surface area contributed by atoms with Crippen molar-refractivity contribution in [3.63, 3.8) is 0 Å². The number of halogens is 1. The maximum absolute atomic E-state index is 11.2. The van der Waals surface area contributed by atoms with E-state index in [2.05, 4.69) is 20.3 Å². The van der Waals surface area contributed by atoms with E-state index in [1.807, 2.05) is 0 Å². The Hall–Kier alpha value is -0.880. The van der Waals surface area contributed by atoms with Gasteiger partial charge in [0.25, 0.3) is 10.0 Å². The Labute approximate surface area is 90.0 Å². The summed E-state index contributed by atoms with van der Waals surface area (Å²) in [6.45, 7) is 0. The molecule has 74 valence electrons. The van der Waals surface area contributed by atoms with Gasteiger partial charge in [-0.25, -0.2) is 8.42 Å². The number of amidine groups is 1. The zero-order valence-corrected chi connectivity index (χ0v) is 9.47. The van der Waals surface area contributed by atoms with E-state index in [9.17, 15) is 8.42 Å². The Morgan fingerprint density at radius 1 is 1.43 bits per heavy atom. The van der Waals surface area contributed by atoms with Crippen LogP contribution in [0.15, 0.2) is 27.1 Å². The Morgan fingerprint density at radius 2 is 2.14 bits per heavy atom. The lowest BCUT2D eigenvalue weighted by Gasteiger charge is -2.13. The molecule has 0 spiro atoms. The van der Waals surface area contributed by atoms with Crippen molar-refractivity contribution in [1.29, 1.82) is 0 Å². The normalized spacial score (nSPS) is 18.5. The number of hydrogen-bond donors (Lipinski definition) is 1. The highest BCUT2D eigenvalue weighted by Gasteiger charge is 2.21. The van der Waals surface area contributed by atoms with E-state index in [1.54, 1.807) is 18.2 Å². The third kappa shape index (κ3) is 1.67. The molecule has 0 fully saturated rings. The molecule has 0 bridgehead atoms. The van der Waals surface area contributed by atoms with Crippen LogP contribution in [0.3, 0.4) is 0 Å². The first-order valence-electron chi connectivity index (χ1n) is 3.85. The van der Waals surface area contributed by atoms with Crippen molar-refractivity contribution in [1.82, 2.24) is 0 Å². The lowest BCUT2D eigenvalue weighted by molar-refractivity contribution is 0.596. The SMILES string of the molecule is NC1=NS(=O)(=O)Cc2ccc(Br)cc21. The maximum Gasteiger partial charge on any atom is 0.259 e. The van der Waals surface area contributed by atoms with E-state index in [-0.39, 0.29) is 11.6 Å². The van der Waals surface area contributed by atoms with Gasteiger partial charge in [-0.15, -0.1) is 4.40 Å². The Bertz CT molecular complexity index is 522. The summed E-state index contributed by atoms with van der Waals surface area (Å²) < 4.78 is 26.8. The molecule has 0 unspecified atom stereocenters. The van der Waals surface area contributed by atoms with Crippen LogP contribution in [0.2, 0.25) is 0 Å². The van der Waals surface area contributed by atoms with Gasteiger partial charge in [-0.2, -0.15) is 0 Å². The van der Waals surface area contributed by atoms with Crippen molar-refractivity contribution in [2.45, 2.75) is 5.75 Å². The average molecular weight is 275 g/mol. The van der Waals surface area contributed by atoms with Gasteiger partial charge in [0.05, 0.1) is 5.75 Å². The molecular formula is C8H7BrN2O2S. The molecule has 1 aromatic carbocycles. The summed E-state index contributed by atoms with van der Waals surface area (Å²) in [6, 6.07) is 5.29. The Kier molecular flexibility index (Phi) is 2.11. The molecule has 0 radical (unpaired) electrons. The summed E-state index contributed by atoms with van der Waals surface area (Å²) in [5.74, 6) is -0.0106. The van der Waals surface area contributed by atoms with Gasteiger partial charge in [0.1, 0.15) is 5.84 Å². The van der Waals surface area contributed by atoms with E-state index in [0.717, 1.165) is 4.47 Å². The van der Waals surface area contributed by atoms with E-state index in [4.69, 9.17) is 5.73 Å². The number of rotatable bonds is 0. The Morgan fingerprint density at radius 3 is 2.86 bits per heavy atom. The number of nitrogens with zero attached hydrogens (tertiary/aromatic N) is 1. The first-order chi connectivity index (χ1) is 6.48. The van der Waals surface area contributed by atoms with Gasteiger partial charge in [-0.05, 0) is 17.7 Å². The van der Waals surface area contributed by atoms with E-state index in [0.29, 0.717) is 11.1 Å². The first kappa shape index (κ1) is 9.67. The van der Waals surface area contributed by atoms with Crippen LogP contribution in [0, 0.1) is 0 Å². The topological polar surface area (TPSA) is 72.5 Å². The van der Waals surface area contributed by atoms with E-state index in [1.165, 1.54) is 0 Å². The third-order valence-corrected chi connectivity index (χ3v) is 3.57. The minimum Gasteiger partial charge on any atom is -0.383 e. The molecule has 4 nitrogen and oxygen atoms in total. The summed E-state index contributed by atoms with van der Waals surface area (Å²) in [7, 11) is -3.41. The molecular weight excluding hydrogens is 268 g/mol. The van der Waals surface area contributed by atoms with Crippen molar-refractivity contribution in [3.8, 4) is 0 Å². The second-order valence-electron chi connectivity index (χ2n) is 3.00. The fourth-order valence-electron chi connectivity index (χ4n) is 1.34. The van der Waals surface area contributed by atoms with Gasteiger partial charge in [-0.3, -0.25) is 0 Å². The van der Waals surface area contributed by atoms with Crippen LogP contribution in [-0.4, -0.2) is 14.3 Å².